The number of aromatic nitrogens is 1. The molecule has 1 aromatic heterocycles. The second kappa shape index (κ2) is 8.57. The van der Waals surface area contributed by atoms with E-state index in [9.17, 15) is 9.59 Å². The molecule has 7 heteroatoms. The molecule has 6 nitrogen and oxygen atoms in total. The number of esters is 1. The van der Waals surface area contributed by atoms with Gasteiger partial charge in [0.25, 0.3) is 5.91 Å². The van der Waals surface area contributed by atoms with E-state index in [1.807, 2.05) is 0 Å². The van der Waals surface area contributed by atoms with Crippen LogP contribution < -0.4 is 0 Å². The minimum atomic E-state index is -0.856. The average molecular weight is 391 g/mol. The highest BCUT2D eigenvalue weighted by Crippen LogP contribution is 2.24. The van der Waals surface area contributed by atoms with Gasteiger partial charge in [-0.3, -0.25) is 4.79 Å². The standard InChI is InChI=1S/C20H23ClN2O4/c1-13-17(22-18(26-13)15-7-9-16(21)10-8-15)20(25)27-14(2)19(24)23-11-5-3-4-6-12-23/h7-10,14H,3-6,11-12H2,1-2H3/t14-/m1/s1. The topological polar surface area (TPSA) is 72.6 Å². The molecule has 27 heavy (non-hydrogen) atoms. The number of oxazole rings is 1. The normalized spacial score (nSPS) is 15.9. The van der Waals surface area contributed by atoms with Gasteiger partial charge < -0.3 is 14.1 Å². The summed E-state index contributed by atoms with van der Waals surface area (Å²) in [5.74, 6) is -0.168. The van der Waals surface area contributed by atoms with Crippen molar-refractivity contribution in [1.29, 1.82) is 0 Å². The first-order valence-corrected chi connectivity index (χ1v) is 9.56. The van der Waals surface area contributed by atoms with Gasteiger partial charge in [-0.05, 0) is 51.0 Å². The first-order chi connectivity index (χ1) is 13.0. The van der Waals surface area contributed by atoms with Crippen molar-refractivity contribution in [3.05, 3.63) is 40.7 Å². The van der Waals surface area contributed by atoms with Gasteiger partial charge in [-0.2, -0.15) is 0 Å². The van der Waals surface area contributed by atoms with Gasteiger partial charge in [0.15, 0.2) is 11.8 Å². The average Bonchev–Trinajstić information content (AvgIpc) is 2.86. The summed E-state index contributed by atoms with van der Waals surface area (Å²) in [7, 11) is 0. The van der Waals surface area contributed by atoms with Crippen molar-refractivity contribution in [2.45, 2.75) is 45.6 Å². The summed E-state index contributed by atoms with van der Waals surface area (Å²) >= 11 is 5.89. The number of hydrogen-bond donors (Lipinski definition) is 0. The predicted octanol–water partition coefficient (Wildman–Crippen LogP) is 4.25. The van der Waals surface area contributed by atoms with E-state index in [1.54, 1.807) is 43.0 Å². The summed E-state index contributed by atoms with van der Waals surface area (Å²) < 4.78 is 11.0. The Morgan fingerprint density at radius 2 is 1.78 bits per heavy atom. The Morgan fingerprint density at radius 1 is 1.15 bits per heavy atom. The number of aryl methyl sites for hydroxylation is 1. The summed E-state index contributed by atoms with van der Waals surface area (Å²) in [6, 6.07) is 6.95. The molecular weight excluding hydrogens is 368 g/mol. The van der Waals surface area contributed by atoms with Gasteiger partial charge in [-0.1, -0.05) is 24.4 Å². The van der Waals surface area contributed by atoms with Crippen LogP contribution in [0.4, 0.5) is 0 Å². The number of carbonyl (C=O) groups is 2. The highest BCUT2D eigenvalue weighted by atomic mass is 35.5. The fourth-order valence-corrected chi connectivity index (χ4v) is 3.24. The Hall–Kier alpha value is -2.34. The maximum absolute atomic E-state index is 12.6. The zero-order chi connectivity index (χ0) is 19.4. The summed E-state index contributed by atoms with van der Waals surface area (Å²) in [4.78, 5) is 31.1. The highest BCUT2D eigenvalue weighted by molar-refractivity contribution is 6.30. The van der Waals surface area contributed by atoms with E-state index >= 15 is 0 Å². The number of amides is 1. The van der Waals surface area contributed by atoms with Gasteiger partial charge in [-0.15, -0.1) is 0 Å². The van der Waals surface area contributed by atoms with Crippen LogP contribution in [0.1, 0.15) is 48.9 Å². The van der Waals surface area contributed by atoms with E-state index in [4.69, 9.17) is 20.8 Å². The van der Waals surface area contributed by atoms with E-state index in [2.05, 4.69) is 4.98 Å². The summed E-state index contributed by atoms with van der Waals surface area (Å²) in [6.07, 6.45) is 3.37. The van der Waals surface area contributed by atoms with E-state index < -0.39 is 12.1 Å². The number of ether oxygens (including phenoxy) is 1. The van der Waals surface area contributed by atoms with Gasteiger partial charge >= 0.3 is 5.97 Å². The van der Waals surface area contributed by atoms with Crippen LogP contribution in [0.5, 0.6) is 0 Å². The van der Waals surface area contributed by atoms with Crippen LogP contribution in [0.15, 0.2) is 28.7 Å². The Balaban J connectivity index is 1.68. The van der Waals surface area contributed by atoms with E-state index in [0.717, 1.165) is 25.7 Å². The van der Waals surface area contributed by atoms with Crippen LogP contribution in [0, 0.1) is 6.92 Å². The van der Waals surface area contributed by atoms with Crippen LogP contribution in [-0.4, -0.2) is 41.0 Å². The third kappa shape index (κ3) is 4.69. The summed E-state index contributed by atoms with van der Waals surface area (Å²) in [6.45, 7) is 4.67. The third-order valence-corrected chi connectivity index (χ3v) is 4.88. The van der Waals surface area contributed by atoms with Crippen molar-refractivity contribution in [3.8, 4) is 11.5 Å². The lowest BCUT2D eigenvalue weighted by Crippen LogP contribution is -2.40. The molecule has 0 N–H and O–H groups in total. The third-order valence-electron chi connectivity index (χ3n) is 4.63. The molecule has 1 saturated heterocycles. The maximum atomic E-state index is 12.6. The Morgan fingerprint density at radius 3 is 2.41 bits per heavy atom. The molecule has 1 fully saturated rings. The van der Waals surface area contributed by atoms with E-state index in [1.165, 1.54) is 0 Å². The molecule has 1 aliphatic heterocycles. The zero-order valence-corrected chi connectivity index (χ0v) is 16.3. The van der Waals surface area contributed by atoms with Crippen molar-refractivity contribution in [1.82, 2.24) is 9.88 Å². The molecule has 1 aromatic carbocycles. The SMILES string of the molecule is Cc1oc(-c2ccc(Cl)cc2)nc1C(=O)O[C@H](C)C(=O)N1CCCCCC1. The molecule has 2 aromatic rings. The number of benzene rings is 1. The Kier molecular flexibility index (Phi) is 6.16. The van der Waals surface area contributed by atoms with Crippen molar-refractivity contribution in [2.24, 2.45) is 0 Å². The largest absolute Gasteiger partial charge is 0.448 e. The van der Waals surface area contributed by atoms with Gasteiger partial charge in [0.05, 0.1) is 0 Å². The zero-order valence-electron chi connectivity index (χ0n) is 15.5. The molecular formula is C20H23ClN2O4. The van der Waals surface area contributed by atoms with Crippen molar-refractivity contribution in [3.63, 3.8) is 0 Å². The number of likely N-dealkylation sites (tertiary alicyclic amines) is 1. The first-order valence-electron chi connectivity index (χ1n) is 9.19. The van der Waals surface area contributed by atoms with Gasteiger partial charge in [0, 0.05) is 23.7 Å². The van der Waals surface area contributed by atoms with Crippen LogP contribution >= 0.6 is 11.6 Å². The Bertz CT molecular complexity index is 808. The van der Waals surface area contributed by atoms with E-state index in [-0.39, 0.29) is 11.6 Å². The lowest BCUT2D eigenvalue weighted by molar-refractivity contribution is -0.139. The molecule has 0 saturated carbocycles. The molecule has 2 heterocycles. The van der Waals surface area contributed by atoms with Crippen LogP contribution in [0.2, 0.25) is 5.02 Å². The monoisotopic (exact) mass is 390 g/mol. The van der Waals surface area contributed by atoms with Crippen LogP contribution in [-0.2, 0) is 9.53 Å². The number of rotatable bonds is 4. The minimum Gasteiger partial charge on any atom is -0.448 e. The van der Waals surface area contributed by atoms with Crippen molar-refractivity contribution >= 4 is 23.5 Å². The van der Waals surface area contributed by atoms with Gasteiger partial charge in [0.1, 0.15) is 5.76 Å². The molecule has 0 bridgehead atoms. The number of nitrogens with zero attached hydrogens (tertiary/aromatic N) is 2. The van der Waals surface area contributed by atoms with Crippen molar-refractivity contribution in [2.75, 3.05) is 13.1 Å². The molecule has 0 spiro atoms. The first kappa shape index (κ1) is 19.4. The fourth-order valence-electron chi connectivity index (χ4n) is 3.12. The smallest absolute Gasteiger partial charge is 0.361 e. The predicted molar refractivity (Wildman–Crippen MR) is 102 cm³/mol. The maximum Gasteiger partial charge on any atom is 0.361 e. The molecule has 3 rings (SSSR count). The molecule has 1 aliphatic rings. The second-order valence-corrected chi connectivity index (χ2v) is 7.15. The molecule has 144 valence electrons. The molecule has 0 aliphatic carbocycles. The van der Waals surface area contributed by atoms with Crippen LogP contribution in [0.25, 0.3) is 11.5 Å². The number of carbonyl (C=O) groups excluding carboxylic acids is 2. The molecule has 1 amide bonds. The highest BCUT2D eigenvalue weighted by Gasteiger charge is 2.27. The lowest BCUT2D eigenvalue weighted by atomic mass is 10.2. The summed E-state index contributed by atoms with van der Waals surface area (Å²) in [5, 5.41) is 0.600. The second-order valence-electron chi connectivity index (χ2n) is 6.72. The quantitative estimate of drug-likeness (QED) is 0.729. The molecule has 0 radical (unpaired) electrons. The lowest BCUT2D eigenvalue weighted by Gasteiger charge is -2.23. The van der Waals surface area contributed by atoms with Gasteiger partial charge in [-0.25, -0.2) is 9.78 Å². The number of halogens is 1. The molecule has 0 unspecified atom stereocenters. The van der Waals surface area contributed by atoms with Crippen LogP contribution in [0.3, 0.4) is 0 Å². The number of hydrogen-bond acceptors (Lipinski definition) is 5. The molecule has 1 atom stereocenters. The fraction of sp³-hybridized carbons (Fsp3) is 0.450. The summed E-state index contributed by atoms with van der Waals surface area (Å²) in [5.41, 5.74) is 0.783. The van der Waals surface area contributed by atoms with E-state index in [0.29, 0.717) is 35.3 Å². The Labute approximate surface area is 163 Å². The van der Waals surface area contributed by atoms with Gasteiger partial charge in [0.2, 0.25) is 5.89 Å². The minimum absolute atomic E-state index is 0.0791. The van der Waals surface area contributed by atoms with Crippen molar-refractivity contribution < 1.29 is 18.7 Å².